The second-order valence-corrected chi connectivity index (χ2v) is 5.94. The quantitative estimate of drug-likeness (QED) is 0.787. The third-order valence-electron chi connectivity index (χ3n) is 4.26. The highest BCUT2D eigenvalue weighted by atomic mass is 16.5. The van der Waals surface area contributed by atoms with Crippen molar-refractivity contribution >= 4 is 16.8 Å². The number of hydrogen-bond acceptors (Lipinski definition) is 4. The molecular weight excluding hydrogens is 304 g/mol. The van der Waals surface area contributed by atoms with Crippen molar-refractivity contribution in [2.24, 2.45) is 0 Å². The maximum Gasteiger partial charge on any atom is 0.254 e. The predicted molar refractivity (Wildman–Crippen MR) is 89.7 cm³/mol. The number of carbonyl (C=O) groups is 1. The zero-order chi connectivity index (χ0) is 16.5. The molecule has 0 spiro atoms. The molecule has 0 aliphatic carbocycles. The SMILES string of the molecule is Cc1cnc([C@H]2CN(C(=O)c3cccc4ncccc34)CCO2)[nH]1. The van der Waals surface area contributed by atoms with Gasteiger partial charge >= 0.3 is 0 Å². The number of aryl methyl sites for hydroxylation is 1. The average molecular weight is 322 g/mol. The molecule has 2 aromatic heterocycles. The minimum absolute atomic E-state index is 0.00479. The topological polar surface area (TPSA) is 71.1 Å². The predicted octanol–water partition coefficient (Wildman–Crippen LogP) is 2.48. The highest BCUT2D eigenvalue weighted by Crippen LogP contribution is 2.23. The second-order valence-electron chi connectivity index (χ2n) is 5.94. The number of aromatic nitrogens is 3. The van der Waals surface area contributed by atoms with Crippen LogP contribution < -0.4 is 0 Å². The molecule has 1 amide bonds. The lowest BCUT2D eigenvalue weighted by molar-refractivity contribution is -0.0264. The number of pyridine rings is 1. The first kappa shape index (κ1) is 14.8. The van der Waals surface area contributed by atoms with Crippen LogP contribution in [0.15, 0.2) is 42.7 Å². The number of fused-ring (bicyclic) bond motifs is 1. The van der Waals surface area contributed by atoms with Gasteiger partial charge in [-0.05, 0) is 25.1 Å². The van der Waals surface area contributed by atoms with E-state index in [1.165, 1.54) is 0 Å². The van der Waals surface area contributed by atoms with Gasteiger partial charge in [0.05, 0.1) is 18.7 Å². The Hall–Kier alpha value is -2.73. The first-order valence-corrected chi connectivity index (χ1v) is 7.98. The number of benzene rings is 1. The molecule has 0 radical (unpaired) electrons. The number of imidazole rings is 1. The van der Waals surface area contributed by atoms with Crippen LogP contribution in [0.1, 0.15) is 28.0 Å². The highest BCUT2D eigenvalue weighted by molar-refractivity contribution is 6.06. The van der Waals surface area contributed by atoms with Crippen LogP contribution in [0.3, 0.4) is 0 Å². The smallest absolute Gasteiger partial charge is 0.254 e. The summed E-state index contributed by atoms with van der Waals surface area (Å²) in [5, 5.41) is 0.877. The lowest BCUT2D eigenvalue weighted by Crippen LogP contribution is -2.42. The Morgan fingerprint density at radius 3 is 3.04 bits per heavy atom. The zero-order valence-electron chi connectivity index (χ0n) is 13.4. The number of amides is 1. The van der Waals surface area contributed by atoms with Gasteiger partial charge < -0.3 is 14.6 Å². The fourth-order valence-corrected chi connectivity index (χ4v) is 3.06. The van der Waals surface area contributed by atoms with Crippen molar-refractivity contribution in [2.45, 2.75) is 13.0 Å². The van der Waals surface area contributed by atoms with E-state index in [2.05, 4.69) is 15.0 Å². The summed E-state index contributed by atoms with van der Waals surface area (Å²) in [6, 6.07) is 9.43. The van der Waals surface area contributed by atoms with E-state index in [0.29, 0.717) is 25.3 Å². The molecule has 1 N–H and O–H groups in total. The van der Waals surface area contributed by atoms with E-state index >= 15 is 0 Å². The number of H-pyrrole nitrogens is 1. The number of aromatic amines is 1. The van der Waals surface area contributed by atoms with Crippen LogP contribution >= 0.6 is 0 Å². The molecule has 3 heterocycles. The normalized spacial score (nSPS) is 18.0. The molecule has 0 saturated carbocycles. The minimum atomic E-state index is -0.218. The Morgan fingerprint density at radius 1 is 1.29 bits per heavy atom. The molecular formula is C18H18N4O2. The van der Waals surface area contributed by atoms with E-state index in [0.717, 1.165) is 22.4 Å². The molecule has 1 aromatic carbocycles. The third-order valence-corrected chi connectivity index (χ3v) is 4.26. The molecule has 1 saturated heterocycles. The summed E-state index contributed by atoms with van der Waals surface area (Å²) in [6.07, 6.45) is 3.29. The molecule has 0 bridgehead atoms. The van der Waals surface area contributed by atoms with Gasteiger partial charge in [0.15, 0.2) is 0 Å². The highest BCUT2D eigenvalue weighted by Gasteiger charge is 2.28. The van der Waals surface area contributed by atoms with Crippen molar-refractivity contribution in [3.8, 4) is 0 Å². The minimum Gasteiger partial charge on any atom is -0.367 e. The maximum absolute atomic E-state index is 13.0. The average Bonchev–Trinajstić information content (AvgIpc) is 3.07. The van der Waals surface area contributed by atoms with Crippen molar-refractivity contribution in [3.63, 3.8) is 0 Å². The van der Waals surface area contributed by atoms with Crippen LogP contribution in [-0.2, 0) is 4.74 Å². The molecule has 6 heteroatoms. The van der Waals surface area contributed by atoms with Crippen LogP contribution in [-0.4, -0.2) is 45.5 Å². The zero-order valence-corrected chi connectivity index (χ0v) is 13.4. The molecule has 1 aliphatic rings. The van der Waals surface area contributed by atoms with E-state index in [1.807, 2.05) is 42.2 Å². The van der Waals surface area contributed by atoms with Crippen LogP contribution in [0, 0.1) is 6.92 Å². The Balaban J connectivity index is 1.61. The lowest BCUT2D eigenvalue weighted by atomic mass is 10.1. The molecule has 3 aromatic rings. The molecule has 24 heavy (non-hydrogen) atoms. The van der Waals surface area contributed by atoms with Gasteiger partial charge in [0.1, 0.15) is 11.9 Å². The third kappa shape index (κ3) is 2.65. The lowest BCUT2D eigenvalue weighted by Gasteiger charge is -2.32. The largest absolute Gasteiger partial charge is 0.367 e. The first-order valence-electron chi connectivity index (χ1n) is 7.98. The molecule has 4 rings (SSSR count). The van der Waals surface area contributed by atoms with Crippen molar-refractivity contribution < 1.29 is 9.53 Å². The maximum atomic E-state index is 13.0. The van der Waals surface area contributed by atoms with Crippen LogP contribution in [0.5, 0.6) is 0 Å². The summed E-state index contributed by atoms with van der Waals surface area (Å²) in [7, 11) is 0. The molecule has 122 valence electrons. The second kappa shape index (κ2) is 6.05. The monoisotopic (exact) mass is 322 g/mol. The fourth-order valence-electron chi connectivity index (χ4n) is 3.06. The van der Waals surface area contributed by atoms with Crippen LogP contribution in [0.4, 0.5) is 0 Å². The van der Waals surface area contributed by atoms with Gasteiger partial charge in [-0.2, -0.15) is 0 Å². The van der Waals surface area contributed by atoms with Gasteiger partial charge in [0.25, 0.3) is 5.91 Å². The molecule has 6 nitrogen and oxygen atoms in total. The number of rotatable bonds is 2. The Labute approximate surface area is 139 Å². The summed E-state index contributed by atoms with van der Waals surface area (Å²) in [4.78, 5) is 26.7. The van der Waals surface area contributed by atoms with Crippen molar-refractivity contribution in [3.05, 3.63) is 59.8 Å². The van der Waals surface area contributed by atoms with E-state index in [4.69, 9.17) is 4.74 Å². The summed E-state index contributed by atoms with van der Waals surface area (Å²) < 4.78 is 5.78. The molecule has 1 fully saturated rings. The summed E-state index contributed by atoms with van der Waals surface area (Å²) in [5.41, 5.74) is 2.49. The Morgan fingerprint density at radius 2 is 2.21 bits per heavy atom. The number of morpholine rings is 1. The van der Waals surface area contributed by atoms with E-state index in [9.17, 15) is 4.79 Å². The molecule has 1 atom stereocenters. The number of ether oxygens (including phenoxy) is 1. The van der Waals surface area contributed by atoms with Crippen LogP contribution in [0.25, 0.3) is 10.9 Å². The summed E-state index contributed by atoms with van der Waals surface area (Å²) in [5.74, 6) is 0.773. The number of carbonyl (C=O) groups excluding carboxylic acids is 1. The van der Waals surface area contributed by atoms with Gasteiger partial charge in [-0.15, -0.1) is 0 Å². The van der Waals surface area contributed by atoms with E-state index in [1.54, 1.807) is 12.4 Å². The van der Waals surface area contributed by atoms with E-state index in [-0.39, 0.29) is 12.0 Å². The van der Waals surface area contributed by atoms with Gasteiger partial charge in [-0.25, -0.2) is 4.98 Å². The van der Waals surface area contributed by atoms with Gasteiger partial charge in [-0.1, -0.05) is 12.1 Å². The number of nitrogens with zero attached hydrogens (tertiary/aromatic N) is 3. The fraction of sp³-hybridized carbons (Fsp3) is 0.278. The van der Waals surface area contributed by atoms with Crippen molar-refractivity contribution in [2.75, 3.05) is 19.7 Å². The van der Waals surface area contributed by atoms with Gasteiger partial charge in [0, 0.05) is 35.6 Å². The standard InChI is InChI=1S/C18H18N4O2/c1-12-10-20-17(21-12)16-11-22(8-9-24-16)18(23)14-4-2-6-15-13(14)5-3-7-19-15/h2-7,10,16H,8-9,11H2,1H3,(H,20,21)/t16-/m1/s1. The summed E-state index contributed by atoms with van der Waals surface area (Å²) >= 11 is 0. The van der Waals surface area contributed by atoms with Gasteiger partial charge in [0.2, 0.25) is 0 Å². The Kier molecular flexibility index (Phi) is 3.74. The first-order chi connectivity index (χ1) is 11.7. The number of hydrogen-bond donors (Lipinski definition) is 1. The van der Waals surface area contributed by atoms with Gasteiger partial charge in [-0.3, -0.25) is 9.78 Å². The summed E-state index contributed by atoms with van der Waals surface area (Å²) in [6.45, 7) is 3.51. The van der Waals surface area contributed by atoms with Crippen molar-refractivity contribution in [1.29, 1.82) is 0 Å². The van der Waals surface area contributed by atoms with Crippen molar-refractivity contribution in [1.82, 2.24) is 19.9 Å². The molecule has 1 aliphatic heterocycles. The van der Waals surface area contributed by atoms with Crippen LogP contribution in [0.2, 0.25) is 0 Å². The van der Waals surface area contributed by atoms with E-state index < -0.39 is 0 Å². The molecule has 0 unspecified atom stereocenters. The number of nitrogens with one attached hydrogen (secondary N) is 1. The Bertz CT molecular complexity index is 884.